The monoisotopic (exact) mass is 490 g/mol. The van der Waals surface area contributed by atoms with Crippen LogP contribution < -0.4 is 10.0 Å². The number of benzene rings is 3. The fourth-order valence-corrected chi connectivity index (χ4v) is 7.86. The number of fused-ring (bicyclic) bond motifs is 2. The Hall–Kier alpha value is -2.70. The van der Waals surface area contributed by atoms with E-state index >= 15 is 0 Å². The molecule has 3 aromatic rings. The maximum atomic E-state index is 13.4. The molecule has 0 saturated heterocycles. The molecule has 0 radical (unpaired) electrons. The van der Waals surface area contributed by atoms with E-state index < -0.39 is 10.0 Å². The van der Waals surface area contributed by atoms with Crippen LogP contribution >= 0.6 is 0 Å². The maximum Gasteiger partial charge on any atom is 0.255 e. The number of nitrogens with one attached hydrogen (secondary N) is 2. The minimum absolute atomic E-state index is 0.122. The molecule has 0 aliphatic heterocycles. The van der Waals surface area contributed by atoms with Gasteiger partial charge in [0.15, 0.2) is 0 Å². The van der Waals surface area contributed by atoms with Crippen molar-refractivity contribution in [1.82, 2.24) is 4.72 Å². The van der Waals surface area contributed by atoms with E-state index in [1.807, 2.05) is 50.2 Å². The summed E-state index contributed by atoms with van der Waals surface area (Å²) in [4.78, 5) is 13.1. The van der Waals surface area contributed by atoms with Crippen LogP contribution in [0.4, 0.5) is 5.69 Å². The molecule has 2 aliphatic carbocycles. The van der Waals surface area contributed by atoms with Crippen molar-refractivity contribution < 1.29 is 13.2 Å². The normalized spacial score (nSPS) is 22.7. The molecule has 0 aromatic heterocycles. The first-order chi connectivity index (χ1) is 16.8. The number of hydrogen-bond acceptors (Lipinski definition) is 3. The molecular formula is C29H34N2O3S. The van der Waals surface area contributed by atoms with Crippen molar-refractivity contribution in [3.63, 3.8) is 0 Å². The molecule has 0 bridgehead atoms. The Balaban J connectivity index is 1.35. The van der Waals surface area contributed by atoms with Crippen LogP contribution in [-0.4, -0.2) is 20.4 Å². The highest BCUT2D eigenvalue weighted by Crippen LogP contribution is 2.48. The van der Waals surface area contributed by atoms with Gasteiger partial charge in [-0.3, -0.25) is 4.79 Å². The number of carbonyl (C=O) groups excluding carboxylic acids is 1. The van der Waals surface area contributed by atoms with E-state index in [9.17, 15) is 13.2 Å². The third kappa shape index (κ3) is 5.00. The van der Waals surface area contributed by atoms with Gasteiger partial charge in [-0.25, -0.2) is 13.1 Å². The minimum atomic E-state index is -3.71. The lowest BCUT2D eigenvalue weighted by atomic mass is 9.96. The first-order valence-corrected chi connectivity index (χ1v) is 14.2. The lowest BCUT2D eigenvalue weighted by Crippen LogP contribution is -2.34. The Morgan fingerprint density at radius 1 is 0.943 bits per heavy atom. The lowest BCUT2D eigenvalue weighted by molar-refractivity contribution is 0.102. The highest BCUT2D eigenvalue weighted by atomic mass is 32.2. The standard InChI is InChI=1S/C29H34N2O3S/c1-19-8-3-4-11-24(19)29(32)30-27-14-15-28(26-13-6-5-12-25(26)27)35(33,34)31-20(2)16-21-17-22-9-7-10-23(22)18-21/h3-6,8,11-15,20-23,31H,7,9-10,16-18H2,1-2H3,(H,30,32). The first kappa shape index (κ1) is 24.0. The van der Waals surface area contributed by atoms with Crippen molar-refractivity contribution in [2.24, 2.45) is 17.8 Å². The lowest BCUT2D eigenvalue weighted by Gasteiger charge is -2.20. The van der Waals surface area contributed by atoms with Gasteiger partial charge in [0.1, 0.15) is 0 Å². The summed E-state index contributed by atoms with van der Waals surface area (Å²) in [7, 11) is -3.71. The number of hydrogen-bond donors (Lipinski definition) is 2. The average Bonchev–Trinajstić information content (AvgIpc) is 3.40. The van der Waals surface area contributed by atoms with E-state index in [0.717, 1.165) is 23.8 Å². The van der Waals surface area contributed by atoms with E-state index in [1.54, 1.807) is 24.3 Å². The predicted molar refractivity (Wildman–Crippen MR) is 141 cm³/mol. The molecule has 3 unspecified atom stereocenters. The average molecular weight is 491 g/mol. The highest BCUT2D eigenvalue weighted by molar-refractivity contribution is 7.89. The van der Waals surface area contributed by atoms with E-state index in [-0.39, 0.29) is 16.8 Å². The molecule has 2 fully saturated rings. The molecule has 2 aliphatic rings. The van der Waals surface area contributed by atoms with E-state index in [1.165, 1.54) is 32.1 Å². The van der Waals surface area contributed by atoms with Gasteiger partial charge in [0.2, 0.25) is 10.0 Å². The summed E-state index contributed by atoms with van der Waals surface area (Å²) in [6.45, 7) is 3.87. The largest absolute Gasteiger partial charge is 0.321 e. The fraction of sp³-hybridized carbons (Fsp3) is 0.414. The zero-order valence-corrected chi connectivity index (χ0v) is 21.3. The van der Waals surface area contributed by atoms with Gasteiger partial charge in [-0.1, -0.05) is 61.7 Å². The smallest absolute Gasteiger partial charge is 0.255 e. The zero-order valence-electron chi connectivity index (χ0n) is 20.5. The fourth-order valence-electron chi connectivity index (χ4n) is 6.39. The van der Waals surface area contributed by atoms with Crippen LogP contribution in [0, 0.1) is 24.7 Å². The summed E-state index contributed by atoms with van der Waals surface area (Å²) < 4.78 is 29.8. The number of amides is 1. The summed E-state index contributed by atoms with van der Waals surface area (Å²) in [6.07, 6.45) is 7.43. The van der Waals surface area contributed by atoms with Crippen LogP contribution in [-0.2, 0) is 10.0 Å². The number of anilines is 1. The second-order valence-corrected chi connectivity index (χ2v) is 12.2. The molecule has 3 aromatic carbocycles. The minimum Gasteiger partial charge on any atom is -0.321 e. The SMILES string of the molecule is Cc1ccccc1C(=O)Nc1ccc(S(=O)(=O)NC(C)CC2CC3CCCC3C2)c2ccccc12. The summed E-state index contributed by atoms with van der Waals surface area (Å²) in [6, 6.07) is 17.9. The van der Waals surface area contributed by atoms with Gasteiger partial charge in [-0.05, 0) is 74.6 Å². The van der Waals surface area contributed by atoms with Crippen LogP contribution in [0.15, 0.2) is 65.6 Å². The molecule has 2 saturated carbocycles. The number of sulfonamides is 1. The second-order valence-electron chi connectivity index (χ2n) is 10.5. The summed E-state index contributed by atoms with van der Waals surface area (Å²) >= 11 is 0. The molecule has 6 heteroatoms. The quantitative estimate of drug-likeness (QED) is 0.409. The number of carbonyl (C=O) groups is 1. The maximum absolute atomic E-state index is 13.4. The topological polar surface area (TPSA) is 75.3 Å². The molecule has 5 nitrogen and oxygen atoms in total. The van der Waals surface area contributed by atoms with Crippen molar-refractivity contribution in [3.05, 3.63) is 71.8 Å². The predicted octanol–water partition coefficient (Wildman–Crippen LogP) is 6.28. The molecule has 184 valence electrons. The third-order valence-electron chi connectivity index (χ3n) is 7.94. The summed E-state index contributed by atoms with van der Waals surface area (Å²) in [5.41, 5.74) is 2.08. The molecule has 2 N–H and O–H groups in total. The third-order valence-corrected chi connectivity index (χ3v) is 9.59. The van der Waals surface area contributed by atoms with Crippen LogP contribution in [0.2, 0.25) is 0 Å². The number of aryl methyl sites for hydroxylation is 1. The van der Waals surface area contributed by atoms with Gasteiger partial charge in [0.05, 0.1) is 4.90 Å². The van der Waals surface area contributed by atoms with Gasteiger partial charge < -0.3 is 5.32 Å². The van der Waals surface area contributed by atoms with Gasteiger partial charge in [0.25, 0.3) is 5.91 Å². The highest BCUT2D eigenvalue weighted by Gasteiger charge is 2.37. The summed E-state index contributed by atoms with van der Waals surface area (Å²) in [5, 5.41) is 4.28. The Bertz CT molecular complexity index is 1340. The van der Waals surface area contributed by atoms with Crippen LogP contribution in [0.5, 0.6) is 0 Å². The van der Waals surface area contributed by atoms with Crippen molar-refractivity contribution in [2.45, 2.75) is 63.3 Å². The van der Waals surface area contributed by atoms with Gasteiger partial charge in [-0.2, -0.15) is 0 Å². The molecule has 3 atom stereocenters. The molecule has 0 spiro atoms. The van der Waals surface area contributed by atoms with Crippen molar-refractivity contribution in [3.8, 4) is 0 Å². The van der Waals surface area contributed by atoms with Gasteiger partial charge in [-0.15, -0.1) is 0 Å². The molecule has 35 heavy (non-hydrogen) atoms. The van der Waals surface area contributed by atoms with Crippen LogP contribution in [0.1, 0.15) is 61.4 Å². The van der Waals surface area contributed by atoms with E-state index in [4.69, 9.17) is 0 Å². The Labute approximate surface area is 208 Å². The number of rotatable bonds is 7. The molecule has 0 heterocycles. The van der Waals surface area contributed by atoms with Gasteiger partial charge >= 0.3 is 0 Å². The first-order valence-electron chi connectivity index (χ1n) is 12.7. The van der Waals surface area contributed by atoms with Crippen LogP contribution in [0.25, 0.3) is 10.8 Å². The molecule has 5 rings (SSSR count). The molecular weight excluding hydrogens is 456 g/mol. The molecule has 1 amide bonds. The van der Waals surface area contributed by atoms with Crippen molar-refractivity contribution >= 4 is 32.4 Å². The Morgan fingerprint density at radius 2 is 1.60 bits per heavy atom. The van der Waals surface area contributed by atoms with Crippen molar-refractivity contribution in [2.75, 3.05) is 5.32 Å². The summed E-state index contributed by atoms with van der Waals surface area (Å²) in [5.74, 6) is 2.11. The Kier molecular flexibility index (Phi) is 6.69. The zero-order chi connectivity index (χ0) is 24.6. The van der Waals surface area contributed by atoms with E-state index in [2.05, 4.69) is 10.0 Å². The Morgan fingerprint density at radius 3 is 2.31 bits per heavy atom. The van der Waals surface area contributed by atoms with E-state index in [0.29, 0.717) is 27.9 Å². The van der Waals surface area contributed by atoms with Crippen molar-refractivity contribution in [1.29, 1.82) is 0 Å². The second kappa shape index (κ2) is 9.75. The van der Waals surface area contributed by atoms with Crippen LogP contribution in [0.3, 0.4) is 0 Å². The van der Waals surface area contributed by atoms with Gasteiger partial charge in [0, 0.05) is 28.1 Å².